The molecule has 0 saturated carbocycles. The molecule has 0 heterocycles. The highest BCUT2D eigenvalue weighted by Crippen LogP contribution is 2.32. The highest BCUT2D eigenvalue weighted by atomic mass is 19.1. The minimum atomic E-state index is -1.57. The largest absolute Gasteiger partial charge is 0.481 e. The Morgan fingerprint density at radius 2 is 2.00 bits per heavy atom. The number of nitro groups is 1. The molecule has 18 heavy (non-hydrogen) atoms. The van der Waals surface area contributed by atoms with Gasteiger partial charge in [0, 0.05) is 12.1 Å². The Morgan fingerprint density at radius 3 is 2.39 bits per heavy atom. The molecule has 1 N–H and O–H groups in total. The van der Waals surface area contributed by atoms with Crippen LogP contribution < -0.4 is 4.74 Å². The number of nitro benzene ring substituents is 1. The minimum absolute atomic E-state index is 0.296. The lowest BCUT2D eigenvalue weighted by Gasteiger charge is -2.21. The minimum Gasteiger partial charge on any atom is -0.481 e. The molecule has 6 nitrogen and oxygen atoms in total. The molecule has 98 valence electrons. The number of benzene rings is 1. The first kappa shape index (κ1) is 13.9. The molecule has 7 heteroatoms. The van der Waals surface area contributed by atoms with E-state index in [2.05, 4.69) is 0 Å². The quantitative estimate of drug-likeness (QED) is 0.664. The summed E-state index contributed by atoms with van der Waals surface area (Å²) in [4.78, 5) is 20.7. The van der Waals surface area contributed by atoms with Gasteiger partial charge in [-0.1, -0.05) is 0 Å². The van der Waals surface area contributed by atoms with Gasteiger partial charge in [0.2, 0.25) is 5.75 Å². The van der Waals surface area contributed by atoms with E-state index in [0.717, 1.165) is 0 Å². The Morgan fingerprint density at radius 1 is 1.44 bits per heavy atom. The second-order valence-electron chi connectivity index (χ2n) is 4.58. The lowest BCUT2D eigenvalue weighted by atomic mass is 10.1. The summed E-state index contributed by atoms with van der Waals surface area (Å²) in [7, 11) is 0. The van der Waals surface area contributed by atoms with Gasteiger partial charge in [0.1, 0.15) is 17.0 Å². The lowest BCUT2D eigenvalue weighted by molar-refractivity contribution is -0.386. The molecule has 0 amide bonds. The monoisotopic (exact) mass is 257 g/mol. The first-order valence-electron chi connectivity index (χ1n) is 5.02. The van der Waals surface area contributed by atoms with Crippen molar-refractivity contribution >= 4 is 11.7 Å². The first-order valence-corrected chi connectivity index (χ1v) is 5.02. The molecule has 0 saturated heterocycles. The van der Waals surface area contributed by atoms with Crippen LogP contribution in [0.2, 0.25) is 0 Å². The molecule has 1 rings (SSSR count). The average Bonchev–Trinajstić information content (AvgIpc) is 2.13. The van der Waals surface area contributed by atoms with Gasteiger partial charge in [0.05, 0.1) is 4.92 Å². The number of hydrogen-bond acceptors (Lipinski definition) is 4. The van der Waals surface area contributed by atoms with Crippen molar-refractivity contribution in [2.24, 2.45) is 0 Å². The Bertz CT molecular complexity index is 507. The number of rotatable bonds is 3. The predicted molar refractivity (Wildman–Crippen MR) is 60.4 cm³/mol. The highest BCUT2D eigenvalue weighted by molar-refractivity contribution is 5.89. The molecule has 1 aromatic rings. The zero-order valence-corrected chi connectivity index (χ0v) is 10.1. The highest BCUT2D eigenvalue weighted by Gasteiger charge is 2.25. The summed E-state index contributed by atoms with van der Waals surface area (Å²) in [5, 5.41) is 19.5. The second-order valence-corrected chi connectivity index (χ2v) is 4.58. The number of hydrogen-bond donors (Lipinski definition) is 1. The molecule has 0 radical (unpaired) electrons. The zero-order chi connectivity index (χ0) is 14.1. The Balaban J connectivity index is 3.38. The maximum Gasteiger partial charge on any atom is 0.338 e. The van der Waals surface area contributed by atoms with Crippen LogP contribution in [0.5, 0.6) is 5.75 Å². The van der Waals surface area contributed by atoms with Crippen LogP contribution in [0, 0.1) is 15.9 Å². The number of halogens is 1. The van der Waals surface area contributed by atoms with Crippen molar-refractivity contribution < 1.29 is 24.0 Å². The summed E-state index contributed by atoms with van der Waals surface area (Å²) in [5.74, 6) is -2.94. The molecule has 1 aromatic carbocycles. The molecule has 0 bridgehead atoms. The topological polar surface area (TPSA) is 89.7 Å². The van der Waals surface area contributed by atoms with Crippen LogP contribution in [0.4, 0.5) is 10.1 Å². The van der Waals surface area contributed by atoms with Crippen molar-refractivity contribution in [1.82, 2.24) is 0 Å². The molecule has 0 aliphatic heterocycles. The predicted octanol–water partition coefficient (Wildman–Crippen LogP) is 2.61. The Hall–Kier alpha value is -2.18. The van der Waals surface area contributed by atoms with Crippen LogP contribution in [0.15, 0.2) is 12.1 Å². The van der Waals surface area contributed by atoms with Gasteiger partial charge in [-0.3, -0.25) is 10.1 Å². The van der Waals surface area contributed by atoms with Gasteiger partial charge in [-0.15, -0.1) is 0 Å². The molecule has 0 aliphatic carbocycles. The molecule has 0 unspecified atom stereocenters. The number of nitrogens with zero attached hydrogens (tertiary/aromatic N) is 1. The lowest BCUT2D eigenvalue weighted by Crippen LogP contribution is -2.23. The number of carboxylic acid groups (broad SMARTS) is 1. The van der Waals surface area contributed by atoms with Crippen molar-refractivity contribution in [3.63, 3.8) is 0 Å². The van der Waals surface area contributed by atoms with Crippen LogP contribution in [-0.2, 0) is 0 Å². The van der Waals surface area contributed by atoms with Gasteiger partial charge < -0.3 is 9.84 Å². The molecular formula is C11H12FNO5. The van der Waals surface area contributed by atoms with Gasteiger partial charge in [0.15, 0.2) is 0 Å². The van der Waals surface area contributed by atoms with E-state index < -0.39 is 33.6 Å². The second kappa shape index (κ2) is 4.59. The SMILES string of the molecule is CC(C)(C)Oc1cc(F)c(C(=O)O)cc1[N+](=O)[O-]. The summed E-state index contributed by atoms with van der Waals surface area (Å²) in [6, 6.07) is 1.37. The first-order chi connectivity index (χ1) is 8.11. The van der Waals surface area contributed by atoms with Crippen LogP contribution in [0.25, 0.3) is 0 Å². The summed E-state index contributed by atoms with van der Waals surface area (Å²) in [6.45, 7) is 4.92. The third-order valence-electron chi connectivity index (χ3n) is 1.89. The molecule has 0 fully saturated rings. The fraction of sp³-hybridized carbons (Fsp3) is 0.364. The van der Waals surface area contributed by atoms with Crippen LogP contribution in [0.1, 0.15) is 31.1 Å². The van der Waals surface area contributed by atoms with E-state index in [1.807, 2.05) is 0 Å². The summed E-state index contributed by atoms with van der Waals surface area (Å²) >= 11 is 0. The zero-order valence-electron chi connectivity index (χ0n) is 10.1. The third-order valence-corrected chi connectivity index (χ3v) is 1.89. The van der Waals surface area contributed by atoms with Gasteiger partial charge in [-0.2, -0.15) is 0 Å². The normalized spacial score (nSPS) is 11.1. The number of ether oxygens (including phenoxy) is 1. The molecule has 0 spiro atoms. The summed E-state index contributed by atoms with van der Waals surface area (Å²) in [6.07, 6.45) is 0. The molecule has 0 aliphatic rings. The van der Waals surface area contributed by atoms with E-state index in [4.69, 9.17) is 9.84 Å². The van der Waals surface area contributed by atoms with E-state index in [9.17, 15) is 19.3 Å². The van der Waals surface area contributed by atoms with Crippen molar-refractivity contribution in [1.29, 1.82) is 0 Å². The van der Waals surface area contributed by atoms with Crippen LogP contribution in [-0.4, -0.2) is 21.6 Å². The maximum absolute atomic E-state index is 13.4. The van der Waals surface area contributed by atoms with Gasteiger partial charge in [-0.25, -0.2) is 9.18 Å². The van der Waals surface area contributed by atoms with Crippen molar-refractivity contribution in [3.8, 4) is 5.75 Å². The molecule has 0 aromatic heterocycles. The Kier molecular flexibility index (Phi) is 3.54. The standard InChI is InChI=1S/C11H12FNO5/c1-11(2,3)18-9-5-7(12)6(10(14)15)4-8(9)13(16)17/h4-5H,1-3H3,(H,14,15). The number of carbonyl (C=O) groups is 1. The maximum atomic E-state index is 13.4. The van der Waals surface area contributed by atoms with E-state index in [1.54, 1.807) is 20.8 Å². The Labute approximate surface area is 102 Å². The average molecular weight is 257 g/mol. The molecule has 0 atom stereocenters. The van der Waals surface area contributed by atoms with E-state index >= 15 is 0 Å². The van der Waals surface area contributed by atoms with Gasteiger partial charge in [-0.05, 0) is 20.8 Å². The summed E-state index contributed by atoms with van der Waals surface area (Å²) < 4.78 is 18.7. The van der Waals surface area contributed by atoms with Crippen LogP contribution >= 0.6 is 0 Å². The number of aromatic carboxylic acids is 1. The fourth-order valence-electron chi connectivity index (χ4n) is 1.26. The molecular weight excluding hydrogens is 245 g/mol. The van der Waals surface area contributed by atoms with E-state index in [1.165, 1.54) is 0 Å². The fourth-order valence-corrected chi connectivity index (χ4v) is 1.26. The number of carboxylic acids is 1. The van der Waals surface area contributed by atoms with Crippen LogP contribution in [0.3, 0.4) is 0 Å². The van der Waals surface area contributed by atoms with Crippen molar-refractivity contribution in [2.45, 2.75) is 26.4 Å². The van der Waals surface area contributed by atoms with Gasteiger partial charge >= 0.3 is 11.7 Å². The van der Waals surface area contributed by atoms with Crippen molar-refractivity contribution in [2.75, 3.05) is 0 Å². The van der Waals surface area contributed by atoms with Crippen molar-refractivity contribution in [3.05, 3.63) is 33.6 Å². The summed E-state index contributed by atoms with van der Waals surface area (Å²) in [5.41, 5.74) is -2.10. The third kappa shape index (κ3) is 3.16. The van der Waals surface area contributed by atoms with E-state index in [-0.39, 0.29) is 5.75 Å². The smallest absolute Gasteiger partial charge is 0.338 e. The van der Waals surface area contributed by atoms with Gasteiger partial charge in [0.25, 0.3) is 0 Å². The van der Waals surface area contributed by atoms with E-state index in [0.29, 0.717) is 12.1 Å².